The van der Waals surface area contributed by atoms with Gasteiger partial charge in [-0.15, -0.1) is 11.3 Å². The highest BCUT2D eigenvalue weighted by molar-refractivity contribution is 7.17. The quantitative estimate of drug-likeness (QED) is 0.718. The molecule has 138 valence electrons. The summed E-state index contributed by atoms with van der Waals surface area (Å²) >= 11 is 1.73. The molecule has 0 bridgehead atoms. The topological polar surface area (TPSA) is 57.4 Å². The Morgan fingerprint density at radius 3 is 2.88 bits per heavy atom. The molecular weight excluding hydrogens is 346 g/mol. The van der Waals surface area contributed by atoms with Crippen LogP contribution in [0, 0.1) is 0 Å². The van der Waals surface area contributed by atoms with Gasteiger partial charge in [-0.3, -0.25) is 4.90 Å². The Labute approximate surface area is 157 Å². The van der Waals surface area contributed by atoms with Gasteiger partial charge < -0.3 is 14.6 Å². The van der Waals surface area contributed by atoms with Gasteiger partial charge in [-0.2, -0.15) is 0 Å². The molecule has 3 aromatic rings. The van der Waals surface area contributed by atoms with Gasteiger partial charge in [0.25, 0.3) is 0 Å². The van der Waals surface area contributed by atoms with Gasteiger partial charge in [-0.25, -0.2) is 9.97 Å². The third-order valence-corrected chi connectivity index (χ3v) is 6.01. The van der Waals surface area contributed by atoms with Gasteiger partial charge in [0.15, 0.2) is 0 Å². The predicted octanol–water partition coefficient (Wildman–Crippen LogP) is 3.15. The van der Waals surface area contributed by atoms with Gasteiger partial charge in [-0.1, -0.05) is 0 Å². The molecule has 1 atom stereocenters. The van der Waals surface area contributed by atoms with Crippen LogP contribution in [0.25, 0.3) is 10.2 Å². The molecule has 0 aromatic carbocycles. The summed E-state index contributed by atoms with van der Waals surface area (Å²) < 4.78 is 6.80. The van der Waals surface area contributed by atoms with Crippen LogP contribution in [0.2, 0.25) is 0 Å². The fraction of sp³-hybridized carbons (Fsp3) is 0.474. The van der Waals surface area contributed by atoms with Gasteiger partial charge in [0.1, 0.15) is 17.9 Å². The van der Waals surface area contributed by atoms with E-state index in [-0.39, 0.29) is 6.04 Å². The van der Waals surface area contributed by atoms with E-state index in [1.54, 1.807) is 23.9 Å². The highest BCUT2D eigenvalue weighted by Gasteiger charge is 2.24. The Bertz CT molecular complexity index is 823. The average molecular weight is 372 g/mol. The molecule has 4 rings (SSSR count). The zero-order chi connectivity index (χ0) is 17.9. The summed E-state index contributed by atoms with van der Waals surface area (Å²) in [6.45, 7) is 2.94. The highest BCUT2D eigenvalue weighted by Crippen LogP contribution is 2.29. The summed E-state index contributed by atoms with van der Waals surface area (Å²) in [5, 5.41) is 5.83. The molecule has 3 aromatic heterocycles. The minimum absolute atomic E-state index is 0.260. The SMILES string of the molecule is CN(C)[C@H](CNC1CCN(c2ncnc3ccsc23)CC1)c1ccco1. The van der Waals surface area contributed by atoms with Crippen LogP contribution in [0.1, 0.15) is 24.6 Å². The van der Waals surface area contributed by atoms with Crippen molar-refractivity contribution >= 4 is 27.4 Å². The largest absolute Gasteiger partial charge is 0.468 e. The monoisotopic (exact) mass is 371 g/mol. The first kappa shape index (κ1) is 17.5. The molecule has 0 radical (unpaired) electrons. The molecular formula is C19H25N5OS. The van der Waals surface area contributed by atoms with Crippen molar-refractivity contribution in [2.75, 3.05) is 38.6 Å². The Hall–Kier alpha value is -1.96. The maximum atomic E-state index is 5.60. The molecule has 0 unspecified atom stereocenters. The number of aromatic nitrogens is 2. The number of piperidine rings is 1. The van der Waals surface area contributed by atoms with E-state index in [4.69, 9.17) is 4.42 Å². The molecule has 26 heavy (non-hydrogen) atoms. The van der Waals surface area contributed by atoms with Crippen LogP contribution in [-0.2, 0) is 0 Å². The third-order valence-electron chi connectivity index (χ3n) is 5.11. The van der Waals surface area contributed by atoms with Gasteiger partial charge >= 0.3 is 0 Å². The maximum absolute atomic E-state index is 5.60. The molecule has 1 aliphatic rings. The normalized spacial score (nSPS) is 17.3. The number of furan rings is 1. The van der Waals surface area contributed by atoms with Crippen LogP contribution in [0.4, 0.5) is 5.82 Å². The van der Waals surface area contributed by atoms with Gasteiger partial charge in [0.2, 0.25) is 0 Å². The first-order chi connectivity index (χ1) is 12.7. The van der Waals surface area contributed by atoms with Crippen LogP contribution in [0.5, 0.6) is 0 Å². The number of nitrogens with zero attached hydrogens (tertiary/aromatic N) is 4. The van der Waals surface area contributed by atoms with Crippen LogP contribution < -0.4 is 10.2 Å². The number of thiophene rings is 1. The van der Waals surface area contributed by atoms with Crippen molar-refractivity contribution in [1.29, 1.82) is 0 Å². The summed E-state index contributed by atoms with van der Waals surface area (Å²) in [5.41, 5.74) is 1.05. The molecule has 0 amide bonds. The maximum Gasteiger partial charge on any atom is 0.150 e. The lowest BCUT2D eigenvalue weighted by molar-refractivity contribution is 0.238. The predicted molar refractivity (Wildman–Crippen MR) is 106 cm³/mol. The molecule has 7 heteroatoms. The van der Waals surface area contributed by atoms with Crippen LogP contribution >= 0.6 is 11.3 Å². The van der Waals surface area contributed by atoms with Gasteiger partial charge in [-0.05, 0) is 50.5 Å². The molecule has 0 spiro atoms. The molecule has 1 fully saturated rings. The zero-order valence-corrected chi connectivity index (χ0v) is 16.1. The number of hydrogen-bond donors (Lipinski definition) is 1. The van der Waals surface area contributed by atoms with Crippen molar-refractivity contribution in [3.63, 3.8) is 0 Å². The molecule has 0 aliphatic carbocycles. The molecule has 0 saturated carbocycles. The van der Waals surface area contributed by atoms with Crippen molar-refractivity contribution in [1.82, 2.24) is 20.2 Å². The lowest BCUT2D eigenvalue weighted by Crippen LogP contribution is -2.45. The Morgan fingerprint density at radius 1 is 1.31 bits per heavy atom. The number of nitrogens with one attached hydrogen (secondary N) is 1. The Balaban J connectivity index is 1.34. The molecule has 1 aliphatic heterocycles. The summed E-state index contributed by atoms with van der Waals surface area (Å²) in [5.74, 6) is 2.10. The number of rotatable bonds is 6. The standard InChI is InChI=1S/C19H25N5OS/c1-23(2)16(17-4-3-10-25-17)12-20-14-5-8-24(9-6-14)19-18-15(7-11-26-18)21-13-22-19/h3-4,7,10-11,13-14,16,20H,5-6,8-9,12H2,1-2H3/t16-/m1/s1. The average Bonchev–Trinajstić information content (AvgIpc) is 3.34. The van der Waals surface area contributed by atoms with E-state index >= 15 is 0 Å². The van der Waals surface area contributed by atoms with Crippen molar-refractivity contribution in [2.45, 2.75) is 24.9 Å². The van der Waals surface area contributed by atoms with Gasteiger partial charge in [0.05, 0.1) is 22.5 Å². The molecule has 6 nitrogen and oxygen atoms in total. The number of fused-ring (bicyclic) bond motifs is 1. The second-order valence-corrected chi connectivity index (χ2v) is 7.91. The Kier molecular flexibility index (Phi) is 5.19. The van der Waals surface area contributed by atoms with E-state index in [0.717, 1.165) is 49.6 Å². The molecule has 1 saturated heterocycles. The van der Waals surface area contributed by atoms with E-state index < -0.39 is 0 Å². The van der Waals surface area contributed by atoms with Crippen LogP contribution in [0.15, 0.2) is 40.6 Å². The van der Waals surface area contributed by atoms with Crippen LogP contribution in [0.3, 0.4) is 0 Å². The Morgan fingerprint density at radius 2 is 2.15 bits per heavy atom. The third kappa shape index (κ3) is 3.60. The summed E-state index contributed by atoms with van der Waals surface area (Å²) in [4.78, 5) is 13.5. The molecule has 1 N–H and O–H groups in total. The lowest BCUT2D eigenvalue weighted by atomic mass is 10.0. The van der Waals surface area contributed by atoms with Gasteiger partial charge in [0, 0.05) is 25.7 Å². The second-order valence-electron chi connectivity index (χ2n) is 7.00. The second kappa shape index (κ2) is 7.73. The van der Waals surface area contributed by atoms with E-state index in [1.807, 2.05) is 6.07 Å². The van der Waals surface area contributed by atoms with E-state index in [0.29, 0.717) is 6.04 Å². The minimum Gasteiger partial charge on any atom is -0.468 e. The number of anilines is 1. The van der Waals surface area contributed by atoms with Crippen LogP contribution in [-0.4, -0.2) is 54.6 Å². The summed E-state index contributed by atoms with van der Waals surface area (Å²) in [6, 6.07) is 6.86. The van der Waals surface area contributed by atoms with Crippen molar-refractivity contribution in [2.24, 2.45) is 0 Å². The molecule has 4 heterocycles. The van der Waals surface area contributed by atoms with Crippen molar-refractivity contribution in [3.8, 4) is 0 Å². The fourth-order valence-corrected chi connectivity index (χ4v) is 4.46. The minimum atomic E-state index is 0.260. The number of hydrogen-bond acceptors (Lipinski definition) is 7. The highest BCUT2D eigenvalue weighted by atomic mass is 32.1. The van der Waals surface area contributed by atoms with E-state index in [9.17, 15) is 0 Å². The van der Waals surface area contributed by atoms with E-state index in [2.05, 4.69) is 56.7 Å². The summed E-state index contributed by atoms with van der Waals surface area (Å²) in [7, 11) is 4.19. The first-order valence-electron chi connectivity index (χ1n) is 9.08. The van der Waals surface area contributed by atoms with Crippen molar-refractivity contribution < 1.29 is 4.42 Å². The fourth-order valence-electron chi connectivity index (χ4n) is 3.59. The summed E-state index contributed by atoms with van der Waals surface area (Å²) in [6.07, 6.45) is 5.67. The van der Waals surface area contributed by atoms with E-state index in [1.165, 1.54) is 4.70 Å². The van der Waals surface area contributed by atoms with Crippen molar-refractivity contribution in [3.05, 3.63) is 41.9 Å². The first-order valence-corrected chi connectivity index (χ1v) is 9.96. The lowest BCUT2D eigenvalue weighted by Gasteiger charge is -2.34. The zero-order valence-electron chi connectivity index (χ0n) is 15.3. The number of likely N-dealkylation sites (N-methyl/N-ethyl adjacent to an activating group) is 1. The smallest absolute Gasteiger partial charge is 0.150 e.